The largest absolute Gasteiger partial charge is 0.309 e. The van der Waals surface area contributed by atoms with Gasteiger partial charge in [-0.15, -0.1) is 0 Å². The van der Waals surface area contributed by atoms with Crippen LogP contribution < -0.4 is 0 Å². The predicted molar refractivity (Wildman–Crippen MR) is 218 cm³/mol. The molecule has 0 radical (unpaired) electrons. The van der Waals surface area contributed by atoms with Crippen molar-refractivity contribution in [3.63, 3.8) is 0 Å². The van der Waals surface area contributed by atoms with E-state index in [4.69, 9.17) is 9.97 Å². The second-order valence-electron chi connectivity index (χ2n) is 13.5. The lowest BCUT2D eigenvalue weighted by Gasteiger charge is -2.17. The predicted octanol–water partition coefficient (Wildman–Crippen LogP) is 12.4. The fourth-order valence-electron chi connectivity index (χ4n) is 7.46. The van der Waals surface area contributed by atoms with Gasteiger partial charge in [-0.1, -0.05) is 139 Å². The van der Waals surface area contributed by atoms with E-state index in [9.17, 15) is 5.26 Å². The van der Waals surface area contributed by atoms with Gasteiger partial charge in [-0.25, -0.2) is 9.97 Å². The number of benzene rings is 7. The Hall–Kier alpha value is -7.09. The minimum atomic E-state index is 0.619. The number of hydrogen-bond acceptors (Lipinski definition) is 3. The van der Waals surface area contributed by atoms with E-state index in [1.54, 1.807) is 0 Å². The zero-order chi connectivity index (χ0) is 35.9. The number of para-hydroxylation sites is 1. The molecule has 0 aliphatic heterocycles. The first kappa shape index (κ1) is 31.9. The second kappa shape index (κ2) is 13.2. The molecule has 0 aliphatic rings. The molecule has 0 aliphatic carbocycles. The van der Waals surface area contributed by atoms with Gasteiger partial charge >= 0.3 is 0 Å². The molecule has 4 heteroatoms. The molecule has 0 fully saturated rings. The standard InChI is InChI=1S/C49H34N4/c1-32-23-25-47-41(27-32)42-28-33(2)24-26-48(42)53(47)46-22-10-9-19-40(46)39-21-12-20-38(43(39)31-50)36-17-11-18-37(29-36)49-51-44(34-13-5-3-6-14-34)30-45(52-49)35-15-7-4-8-16-35/h3-30H,1-2H3. The molecule has 250 valence electrons. The normalized spacial score (nSPS) is 11.2. The van der Waals surface area contributed by atoms with Crippen molar-refractivity contribution in [2.45, 2.75) is 13.8 Å². The molecule has 53 heavy (non-hydrogen) atoms. The van der Waals surface area contributed by atoms with Gasteiger partial charge in [0.2, 0.25) is 0 Å². The van der Waals surface area contributed by atoms with Crippen molar-refractivity contribution in [2.75, 3.05) is 0 Å². The molecule has 0 unspecified atom stereocenters. The van der Waals surface area contributed by atoms with Crippen LogP contribution in [0, 0.1) is 25.2 Å². The van der Waals surface area contributed by atoms with E-state index < -0.39 is 0 Å². The number of fused-ring (bicyclic) bond motifs is 3. The number of aryl methyl sites for hydroxylation is 2. The Morgan fingerprint density at radius 2 is 0.962 bits per heavy atom. The van der Waals surface area contributed by atoms with Gasteiger partial charge in [-0.3, -0.25) is 0 Å². The van der Waals surface area contributed by atoms with E-state index in [0.717, 1.165) is 67.1 Å². The number of nitriles is 1. The van der Waals surface area contributed by atoms with Gasteiger partial charge in [0.25, 0.3) is 0 Å². The first-order valence-electron chi connectivity index (χ1n) is 17.8. The van der Waals surface area contributed by atoms with Crippen LogP contribution in [0.15, 0.2) is 170 Å². The van der Waals surface area contributed by atoms with Gasteiger partial charge in [0.05, 0.1) is 33.7 Å². The van der Waals surface area contributed by atoms with Crippen molar-refractivity contribution in [1.29, 1.82) is 5.26 Å². The van der Waals surface area contributed by atoms with E-state index in [0.29, 0.717) is 11.4 Å². The Bertz CT molecular complexity index is 2740. The molecule has 4 nitrogen and oxygen atoms in total. The third-order valence-corrected chi connectivity index (χ3v) is 9.98. The average Bonchev–Trinajstić information content (AvgIpc) is 3.53. The highest BCUT2D eigenvalue weighted by atomic mass is 15.0. The quantitative estimate of drug-likeness (QED) is 0.176. The van der Waals surface area contributed by atoms with Crippen LogP contribution in [0.1, 0.15) is 16.7 Å². The number of nitrogens with zero attached hydrogens (tertiary/aromatic N) is 4. The number of hydrogen-bond donors (Lipinski definition) is 0. The molecule has 0 spiro atoms. The average molecular weight is 679 g/mol. The van der Waals surface area contributed by atoms with Crippen LogP contribution in [-0.4, -0.2) is 14.5 Å². The van der Waals surface area contributed by atoms with Gasteiger partial charge in [0, 0.05) is 44.2 Å². The van der Waals surface area contributed by atoms with Crippen molar-refractivity contribution >= 4 is 21.8 Å². The molecule has 2 heterocycles. The van der Waals surface area contributed by atoms with Crippen molar-refractivity contribution in [3.05, 3.63) is 187 Å². The summed E-state index contributed by atoms with van der Waals surface area (Å²) < 4.78 is 2.34. The smallest absolute Gasteiger partial charge is 0.160 e. The molecule has 0 atom stereocenters. The maximum absolute atomic E-state index is 10.9. The maximum Gasteiger partial charge on any atom is 0.160 e. The van der Waals surface area contributed by atoms with Crippen molar-refractivity contribution in [1.82, 2.24) is 14.5 Å². The summed E-state index contributed by atoms with van der Waals surface area (Å²) in [5.74, 6) is 0.629. The Morgan fingerprint density at radius 1 is 0.453 bits per heavy atom. The van der Waals surface area contributed by atoms with Gasteiger partial charge in [0.15, 0.2) is 5.82 Å². The SMILES string of the molecule is Cc1ccc2c(c1)c1cc(C)ccc1n2-c1ccccc1-c1cccc(-c2cccc(-c3nc(-c4ccccc4)cc(-c4ccccc4)n3)c2)c1C#N. The number of rotatable bonds is 6. The zero-order valence-corrected chi connectivity index (χ0v) is 29.5. The third kappa shape index (κ3) is 5.75. The van der Waals surface area contributed by atoms with E-state index in [1.807, 2.05) is 66.7 Å². The topological polar surface area (TPSA) is 54.5 Å². The van der Waals surface area contributed by atoms with Gasteiger partial charge in [-0.05, 0) is 61.9 Å². The fourth-order valence-corrected chi connectivity index (χ4v) is 7.46. The molecule has 0 amide bonds. The Kier molecular flexibility index (Phi) is 7.95. The minimum absolute atomic E-state index is 0.619. The molecule has 0 bridgehead atoms. The third-order valence-electron chi connectivity index (χ3n) is 9.98. The summed E-state index contributed by atoms with van der Waals surface area (Å²) in [6, 6.07) is 61.1. The summed E-state index contributed by atoms with van der Waals surface area (Å²) in [7, 11) is 0. The van der Waals surface area contributed by atoms with E-state index in [-0.39, 0.29) is 0 Å². The first-order chi connectivity index (χ1) is 26.1. The van der Waals surface area contributed by atoms with Crippen LogP contribution in [-0.2, 0) is 0 Å². The van der Waals surface area contributed by atoms with E-state index in [2.05, 4.69) is 128 Å². The van der Waals surface area contributed by atoms with E-state index in [1.165, 1.54) is 21.9 Å². The van der Waals surface area contributed by atoms with Crippen molar-refractivity contribution in [2.24, 2.45) is 0 Å². The molecular weight excluding hydrogens is 645 g/mol. The van der Waals surface area contributed by atoms with Crippen molar-refractivity contribution < 1.29 is 0 Å². The molecule has 2 aromatic heterocycles. The summed E-state index contributed by atoms with van der Waals surface area (Å²) in [6.07, 6.45) is 0. The molecule has 0 N–H and O–H groups in total. The zero-order valence-electron chi connectivity index (χ0n) is 29.5. The summed E-state index contributed by atoms with van der Waals surface area (Å²) in [5, 5.41) is 13.3. The summed E-state index contributed by atoms with van der Waals surface area (Å²) in [6.45, 7) is 4.28. The lowest BCUT2D eigenvalue weighted by molar-refractivity contribution is 1.18. The van der Waals surface area contributed by atoms with Crippen molar-refractivity contribution in [3.8, 4) is 67.9 Å². The molecule has 0 saturated heterocycles. The van der Waals surface area contributed by atoms with Crippen LogP contribution in [0.4, 0.5) is 0 Å². The van der Waals surface area contributed by atoms with Crippen LogP contribution in [0.2, 0.25) is 0 Å². The Morgan fingerprint density at radius 3 is 1.58 bits per heavy atom. The fraction of sp³-hybridized carbons (Fsp3) is 0.0408. The molecular formula is C49H34N4. The van der Waals surface area contributed by atoms with E-state index >= 15 is 0 Å². The Labute approximate surface area is 308 Å². The van der Waals surface area contributed by atoms with Gasteiger partial charge in [0.1, 0.15) is 6.07 Å². The molecule has 9 rings (SSSR count). The molecule has 7 aromatic carbocycles. The summed E-state index contributed by atoms with van der Waals surface area (Å²) in [5.41, 5.74) is 14.7. The van der Waals surface area contributed by atoms with Crippen LogP contribution in [0.5, 0.6) is 0 Å². The summed E-state index contributed by atoms with van der Waals surface area (Å²) in [4.78, 5) is 10.1. The lowest BCUT2D eigenvalue weighted by Crippen LogP contribution is -1.99. The Balaban J connectivity index is 1.20. The van der Waals surface area contributed by atoms with Crippen LogP contribution in [0.3, 0.4) is 0 Å². The highest BCUT2D eigenvalue weighted by Crippen LogP contribution is 2.40. The monoisotopic (exact) mass is 678 g/mol. The number of aromatic nitrogens is 3. The minimum Gasteiger partial charge on any atom is -0.309 e. The maximum atomic E-state index is 10.9. The molecule has 9 aromatic rings. The van der Waals surface area contributed by atoms with Gasteiger partial charge in [-0.2, -0.15) is 5.26 Å². The van der Waals surface area contributed by atoms with Crippen LogP contribution in [0.25, 0.3) is 83.6 Å². The second-order valence-corrected chi connectivity index (χ2v) is 13.5. The first-order valence-corrected chi connectivity index (χ1v) is 17.8. The van der Waals surface area contributed by atoms with Crippen LogP contribution >= 0.6 is 0 Å². The highest BCUT2D eigenvalue weighted by molar-refractivity contribution is 6.10. The summed E-state index contributed by atoms with van der Waals surface area (Å²) >= 11 is 0. The lowest BCUT2D eigenvalue weighted by atomic mass is 9.91. The van der Waals surface area contributed by atoms with Gasteiger partial charge < -0.3 is 4.57 Å². The highest BCUT2D eigenvalue weighted by Gasteiger charge is 2.20. The molecule has 0 saturated carbocycles.